The number of ether oxygens (including phenoxy) is 2. The second-order valence-corrected chi connectivity index (χ2v) is 7.90. The summed E-state index contributed by atoms with van der Waals surface area (Å²) in [5.41, 5.74) is 2.47. The molecule has 0 fully saturated rings. The normalized spacial score (nSPS) is 10.9. The Morgan fingerprint density at radius 1 is 0.970 bits per heavy atom. The van der Waals surface area contributed by atoms with E-state index in [1.807, 2.05) is 70.3 Å². The highest BCUT2D eigenvalue weighted by Gasteiger charge is 2.14. The number of aromatic nitrogens is 2. The number of nitrogens with one attached hydrogen (secondary N) is 1. The van der Waals surface area contributed by atoms with Gasteiger partial charge >= 0.3 is 6.61 Å². The van der Waals surface area contributed by atoms with E-state index in [9.17, 15) is 13.6 Å². The molecule has 0 aliphatic rings. The van der Waals surface area contributed by atoms with Gasteiger partial charge in [-0.3, -0.25) is 9.47 Å². The zero-order valence-corrected chi connectivity index (χ0v) is 18.5. The van der Waals surface area contributed by atoms with E-state index in [0.29, 0.717) is 5.69 Å². The molecule has 2 aromatic carbocycles. The standard InChI is InChI=1S/C24H21F2N3O3S/c1-31-19-8-4-17(5-9-19)21-12-13-23(29(21)28-14-2-3-15-28)33-16-22(30)27-18-6-10-20(11-7-18)32-24(25)26/h2-15,24H,16H2,1H3,(H,27,30). The fourth-order valence-electron chi connectivity index (χ4n) is 3.25. The molecule has 0 aliphatic carbocycles. The highest BCUT2D eigenvalue weighted by Crippen LogP contribution is 2.30. The fraction of sp³-hybridized carbons (Fsp3) is 0.125. The van der Waals surface area contributed by atoms with Crippen LogP contribution in [0.1, 0.15) is 0 Å². The van der Waals surface area contributed by atoms with Crippen LogP contribution in [-0.2, 0) is 4.79 Å². The number of hydrogen-bond acceptors (Lipinski definition) is 4. The summed E-state index contributed by atoms with van der Waals surface area (Å²) in [6, 6.07) is 21.4. The number of alkyl halides is 2. The van der Waals surface area contributed by atoms with E-state index in [-0.39, 0.29) is 17.4 Å². The van der Waals surface area contributed by atoms with E-state index >= 15 is 0 Å². The highest BCUT2D eigenvalue weighted by atomic mass is 32.2. The molecule has 0 aliphatic heterocycles. The van der Waals surface area contributed by atoms with Gasteiger partial charge in [-0.15, -0.1) is 0 Å². The molecular formula is C24H21F2N3O3S. The van der Waals surface area contributed by atoms with Crippen molar-refractivity contribution in [3.8, 4) is 22.8 Å². The molecule has 0 unspecified atom stereocenters. The van der Waals surface area contributed by atoms with Gasteiger partial charge in [0.2, 0.25) is 5.91 Å². The minimum absolute atomic E-state index is 0.0352. The fourth-order valence-corrected chi connectivity index (χ4v) is 4.08. The van der Waals surface area contributed by atoms with Crippen molar-refractivity contribution in [2.24, 2.45) is 0 Å². The molecule has 0 saturated carbocycles. The summed E-state index contributed by atoms with van der Waals surface area (Å²) in [5.74, 6) is 0.766. The van der Waals surface area contributed by atoms with Crippen molar-refractivity contribution in [1.82, 2.24) is 9.35 Å². The molecule has 2 heterocycles. The number of thioether (sulfide) groups is 1. The monoisotopic (exact) mass is 469 g/mol. The van der Waals surface area contributed by atoms with Crippen LogP contribution in [0.25, 0.3) is 11.3 Å². The van der Waals surface area contributed by atoms with Crippen LogP contribution < -0.4 is 14.8 Å². The van der Waals surface area contributed by atoms with E-state index in [1.54, 1.807) is 7.11 Å². The van der Waals surface area contributed by atoms with E-state index in [4.69, 9.17) is 4.74 Å². The van der Waals surface area contributed by atoms with Gasteiger partial charge in [-0.2, -0.15) is 8.78 Å². The third-order valence-corrected chi connectivity index (χ3v) is 5.75. The first-order valence-electron chi connectivity index (χ1n) is 10.0. The molecule has 0 bridgehead atoms. The van der Waals surface area contributed by atoms with Crippen LogP contribution in [0.2, 0.25) is 0 Å². The summed E-state index contributed by atoms with van der Waals surface area (Å²) >= 11 is 1.39. The van der Waals surface area contributed by atoms with Gasteiger partial charge in [-0.1, -0.05) is 11.8 Å². The van der Waals surface area contributed by atoms with Crippen molar-refractivity contribution in [2.45, 2.75) is 11.6 Å². The summed E-state index contributed by atoms with van der Waals surface area (Å²) in [6.07, 6.45) is 3.86. The van der Waals surface area contributed by atoms with Crippen LogP contribution in [0.4, 0.5) is 14.5 Å². The Kier molecular flexibility index (Phi) is 6.99. The molecule has 9 heteroatoms. The van der Waals surface area contributed by atoms with Crippen molar-refractivity contribution in [3.63, 3.8) is 0 Å². The molecule has 0 atom stereocenters. The largest absolute Gasteiger partial charge is 0.497 e. The smallest absolute Gasteiger partial charge is 0.387 e. The second-order valence-electron chi connectivity index (χ2n) is 6.90. The Morgan fingerprint density at radius 3 is 2.27 bits per heavy atom. The first kappa shape index (κ1) is 22.5. The summed E-state index contributed by atoms with van der Waals surface area (Å²) in [5, 5.41) is 3.65. The molecule has 6 nitrogen and oxygen atoms in total. The van der Waals surface area contributed by atoms with E-state index in [0.717, 1.165) is 22.0 Å². The lowest BCUT2D eigenvalue weighted by Gasteiger charge is -2.15. The number of methoxy groups -OCH3 is 1. The van der Waals surface area contributed by atoms with Crippen LogP contribution >= 0.6 is 11.8 Å². The Bertz CT molecular complexity index is 1190. The van der Waals surface area contributed by atoms with Crippen LogP contribution in [0, 0.1) is 0 Å². The predicted molar refractivity (Wildman–Crippen MR) is 124 cm³/mol. The lowest BCUT2D eigenvalue weighted by Crippen LogP contribution is -2.15. The Hall–Kier alpha value is -3.72. The molecule has 0 radical (unpaired) electrons. The molecule has 2 aromatic heterocycles. The lowest BCUT2D eigenvalue weighted by atomic mass is 10.1. The second kappa shape index (κ2) is 10.3. The number of amides is 1. The molecule has 0 saturated heterocycles. The molecular weight excluding hydrogens is 448 g/mol. The topological polar surface area (TPSA) is 57.4 Å². The molecule has 4 aromatic rings. The van der Waals surface area contributed by atoms with Crippen molar-refractivity contribution < 1.29 is 23.0 Å². The van der Waals surface area contributed by atoms with Gasteiger partial charge in [-0.05, 0) is 72.8 Å². The Morgan fingerprint density at radius 2 is 1.64 bits per heavy atom. The minimum Gasteiger partial charge on any atom is -0.497 e. The number of halogens is 2. The van der Waals surface area contributed by atoms with Crippen LogP contribution in [0.15, 0.2) is 90.2 Å². The molecule has 4 rings (SSSR count). The first-order chi connectivity index (χ1) is 16.0. The number of nitrogens with zero attached hydrogens (tertiary/aromatic N) is 2. The molecule has 1 amide bonds. The summed E-state index contributed by atoms with van der Waals surface area (Å²) in [4.78, 5) is 12.5. The van der Waals surface area contributed by atoms with Crippen LogP contribution in [-0.4, -0.2) is 34.7 Å². The van der Waals surface area contributed by atoms with Gasteiger partial charge in [-0.25, -0.2) is 4.68 Å². The molecule has 170 valence electrons. The van der Waals surface area contributed by atoms with Crippen LogP contribution in [0.5, 0.6) is 11.5 Å². The van der Waals surface area contributed by atoms with Gasteiger partial charge in [0, 0.05) is 23.6 Å². The van der Waals surface area contributed by atoms with Gasteiger partial charge in [0.25, 0.3) is 0 Å². The molecule has 1 N–H and O–H groups in total. The van der Waals surface area contributed by atoms with Gasteiger partial charge in [0.05, 0.1) is 23.6 Å². The zero-order valence-electron chi connectivity index (χ0n) is 17.7. The van der Waals surface area contributed by atoms with Crippen molar-refractivity contribution >= 4 is 23.4 Å². The van der Waals surface area contributed by atoms with Crippen molar-refractivity contribution in [3.05, 3.63) is 85.2 Å². The maximum absolute atomic E-state index is 12.5. The number of rotatable bonds is 9. The SMILES string of the molecule is COc1ccc(-c2ccc(SCC(=O)Nc3ccc(OC(F)F)cc3)n2-n2cccc2)cc1. The van der Waals surface area contributed by atoms with Crippen molar-refractivity contribution in [1.29, 1.82) is 0 Å². The molecule has 33 heavy (non-hydrogen) atoms. The van der Waals surface area contributed by atoms with Gasteiger partial charge < -0.3 is 14.8 Å². The number of hydrogen-bond donors (Lipinski definition) is 1. The number of carbonyl (C=O) groups excluding carboxylic acids is 1. The predicted octanol–water partition coefficient (Wildman–Crippen LogP) is 5.61. The first-order valence-corrected chi connectivity index (χ1v) is 11.0. The third-order valence-electron chi connectivity index (χ3n) is 4.74. The Balaban J connectivity index is 1.47. The number of anilines is 1. The lowest BCUT2D eigenvalue weighted by molar-refractivity contribution is -0.113. The number of benzene rings is 2. The average Bonchev–Trinajstić information content (AvgIpc) is 3.48. The highest BCUT2D eigenvalue weighted by molar-refractivity contribution is 7.99. The zero-order chi connectivity index (χ0) is 23.2. The number of carbonyl (C=O) groups is 1. The summed E-state index contributed by atoms with van der Waals surface area (Å²) < 4.78 is 38.1. The van der Waals surface area contributed by atoms with E-state index in [1.165, 1.54) is 36.0 Å². The Labute approximate surface area is 193 Å². The summed E-state index contributed by atoms with van der Waals surface area (Å²) in [7, 11) is 1.63. The maximum Gasteiger partial charge on any atom is 0.387 e. The summed E-state index contributed by atoms with van der Waals surface area (Å²) in [6.45, 7) is -2.89. The quantitative estimate of drug-likeness (QED) is 0.324. The van der Waals surface area contributed by atoms with E-state index < -0.39 is 6.61 Å². The maximum atomic E-state index is 12.5. The van der Waals surface area contributed by atoms with E-state index in [2.05, 4.69) is 10.1 Å². The van der Waals surface area contributed by atoms with Crippen molar-refractivity contribution in [2.75, 3.05) is 18.2 Å². The molecule has 0 spiro atoms. The van der Waals surface area contributed by atoms with Gasteiger partial charge in [0.15, 0.2) is 0 Å². The van der Waals surface area contributed by atoms with Gasteiger partial charge in [0.1, 0.15) is 11.5 Å². The van der Waals surface area contributed by atoms with Crippen LogP contribution in [0.3, 0.4) is 0 Å². The average molecular weight is 470 g/mol. The third kappa shape index (κ3) is 5.56. The minimum atomic E-state index is -2.89.